The van der Waals surface area contributed by atoms with E-state index in [-0.39, 0.29) is 5.91 Å². The molecule has 0 bridgehead atoms. The van der Waals surface area contributed by atoms with Gasteiger partial charge >= 0.3 is 0 Å². The Morgan fingerprint density at radius 2 is 2.10 bits per heavy atom. The third kappa shape index (κ3) is 3.30. The van der Waals surface area contributed by atoms with Crippen LogP contribution in [0.2, 0.25) is 0 Å². The molecule has 0 saturated heterocycles. The summed E-state index contributed by atoms with van der Waals surface area (Å²) >= 11 is 0. The minimum atomic E-state index is 0.0860. The summed E-state index contributed by atoms with van der Waals surface area (Å²) in [7, 11) is 0. The highest BCUT2D eigenvalue weighted by molar-refractivity contribution is 5.96. The highest BCUT2D eigenvalue weighted by Crippen LogP contribution is 2.26. The Morgan fingerprint density at radius 3 is 2.70 bits per heavy atom. The van der Waals surface area contributed by atoms with Crippen molar-refractivity contribution in [1.82, 2.24) is 9.88 Å². The van der Waals surface area contributed by atoms with Crippen LogP contribution in [-0.4, -0.2) is 28.4 Å². The van der Waals surface area contributed by atoms with Crippen LogP contribution in [0.5, 0.6) is 0 Å². The molecule has 0 unspecified atom stereocenters. The number of nitrogens with two attached hydrogens (primary N) is 1. The summed E-state index contributed by atoms with van der Waals surface area (Å²) in [6, 6.07) is 2.14. The molecule has 4 nitrogen and oxygen atoms in total. The minimum Gasteiger partial charge on any atom is -0.397 e. The van der Waals surface area contributed by atoms with Crippen molar-refractivity contribution in [2.75, 3.05) is 12.3 Å². The fourth-order valence-electron chi connectivity index (χ4n) is 2.93. The van der Waals surface area contributed by atoms with Gasteiger partial charge in [-0.25, -0.2) is 0 Å². The van der Waals surface area contributed by atoms with Crippen LogP contribution in [0.4, 0.5) is 5.69 Å². The Hall–Kier alpha value is -1.58. The molecule has 1 amide bonds. The van der Waals surface area contributed by atoms with E-state index < -0.39 is 0 Å². The lowest BCUT2D eigenvalue weighted by Crippen LogP contribution is -2.41. The van der Waals surface area contributed by atoms with Crippen molar-refractivity contribution in [2.45, 2.75) is 52.5 Å². The Morgan fingerprint density at radius 1 is 1.45 bits per heavy atom. The van der Waals surface area contributed by atoms with Gasteiger partial charge in [0.2, 0.25) is 0 Å². The van der Waals surface area contributed by atoms with Crippen LogP contribution in [0.1, 0.15) is 55.6 Å². The third-order valence-electron chi connectivity index (χ3n) is 3.93. The number of nitrogens with zero attached hydrogens (tertiary/aromatic N) is 2. The number of carbonyl (C=O) groups excluding carboxylic acids is 1. The first-order valence-corrected chi connectivity index (χ1v) is 7.52. The second-order valence-corrected chi connectivity index (χ2v) is 6.19. The first-order valence-electron chi connectivity index (χ1n) is 7.52. The van der Waals surface area contributed by atoms with E-state index in [1.54, 1.807) is 12.3 Å². The molecule has 110 valence electrons. The average molecular weight is 275 g/mol. The van der Waals surface area contributed by atoms with Crippen molar-refractivity contribution < 1.29 is 4.79 Å². The lowest BCUT2D eigenvalue weighted by atomic mass is 10.1. The quantitative estimate of drug-likeness (QED) is 0.919. The number of anilines is 1. The molecule has 20 heavy (non-hydrogen) atoms. The van der Waals surface area contributed by atoms with Gasteiger partial charge in [-0.1, -0.05) is 26.7 Å². The number of nitrogen functional groups attached to an aromatic ring is 1. The smallest absolute Gasteiger partial charge is 0.256 e. The van der Waals surface area contributed by atoms with E-state index in [2.05, 4.69) is 18.8 Å². The minimum absolute atomic E-state index is 0.0860. The average Bonchev–Trinajstić information content (AvgIpc) is 2.91. The molecule has 1 heterocycles. The first-order chi connectivity index (χ1) is 9.49. The summed E-state index contributed by atoms with van der Waals surface area (Å²) in [5.41, 5.74) is 7.75. The van der Waals surface area contributed by atoms with Crippen molar-refractivity contribution in [3.8, 4) is 0 Å². The number of aromatic nitrogens is 1. The topological polar surface area (TPSA) is 59.2 Å². The lowest BCUT2D eigenvalue weighted by molar-refractivity contribution is 0.0654. The highest BCUT2D eigenvalue weighted by Gasteiger charge is 2.28. The SMILES string of the molecule is Cc1ncc(N)cc1C(=O)N(CC(C)C)C1CCCC1. The van der Waals surface area contributed by atoms with Crippen molar-refractivity contribution in [3.63, 3.8) is 0 Å². The van der Waals surface area contributed by atoms with Crippen LogP contribution in [0.3, 0.4) is 0 Å². The monoisotopic (exact) mass is 275 g/mol. The van der Waals surface area contributed by atoms with Crippen molar-refractivity contribution in [2.24, 2.45) is 5.92 Å². The van der Waals surface area contributed by atoms with Crippen LogP contribution in [0, 0.1) is 12.8 Å². The van der Waals surface area contributed by atoms with Gasteiger partial charge in [0.05, 0.1) is 23.1 Å². The number of aryl methyl sites for hydroxylation is 1. The molecule has 2 N–H and O–H groups in total. The molecule has 0 radical (unpaired) electrons. The van der Waals surface area contributed by atoms with Gasteiger partial charge in [-0.2, -0.15) is 0 Å². The summed E-state index contributed by atoms with van der Waals surface area (Å²) in [5.74, 6) is 0.553. The zero-order valence-corrected chi connectivity index (χ0v) is 12.7. The number of carbonyl (C=O) groups is 1. The first kappa shape index (κ1) is 14.8. The second-order valence-electron chi connectivity index (χ2n) is 6.19. The number of hydrogen-bond donors (Lipinski definition) is 1. The van der Waals surface area contributed by atoms with E-state index >= 15 is 0 Å². The number of amides is 1. The molecule has 0 aromatic carbocycles. The number of rotatable bonds is 4. The van der Waals surface area contributed by atoms with Crippen molar-refractivity contribution >= 4 is 11.6 Å². The summed E-state index contributed by atoms with van der Waals surface area (Å²) in [6.07, 6.45) is 6.29. The summed E-state index contributed by atoms with van der Waals surface area (Å²) in [6.45, 7) is 6.98. The zero-order chi connectivity index (χ0) is 14.7. The fourth-order valence-corrected chi connectivity index (χ4v) is 2.93. The van der Waals surface area contributed by atoms with Gasteiger partial charge in [0.1, 0.15) is 0 Å². The molecular weight excluding hydrogens is 250 g/mol. The molecule has 1 aliphatic rings. The molecule has 1 saturated carbocycles. The maximum atomic E-state index is 12.9. The highest BCUT2D eigenvalue weighted by atomic mass is 16.2. The van der Waals surface area contributed by atoms with Crippen molar-refractivity contribution in [1.29, 1.82) is 0 Å². The predicted molar refractivity (Wildman–Crippen MR) is 81.5 cm³/mol. The van der Waals surface area contributed by atoms with Gasteiger partial charge < -0.3 is 10.6 Å². The Balaban J connectivity index is 2.27. The van der Waals surface area contributed by atoms with Gasteiger partial charge in [-0.05, 0) is 31.7 Å². The van der Waals surface area contributed by atoms with Gasteiger partial charge in [-0.3, -0.25) is 9.78 Å². The Kier molecular flexibility index (Phi) is 4.63. The molecular formula is C16H25N3O. The normalized spacial score (nSPS) is 15.8. The number of pyridine rings is 1. The van der Waals surface area contributed by atoms with E-state index in [1.807, 2.05) is 11.8 Å². The van der Waals surface area contributed by atoms with Crippen LogP contribution in [0.25, 0.3) is 0 Å². The molecule has 1 aliphatic carbocycles. The molecule has 0 spiro atoms. The van der Waals surface area contributed by atoms with Gasteiger partial charge in [0.25, 0.3) is 5.91 Å². The maximum Gasteiger partial charge on any atom is 0.256 e. The standard InChI is InChI=1S/C16H25N3O/c1-11(2)10-19(14-6-4-5-7-14)16(20)15-8-13(17)9-18-12(15)3/h8-9,11,14H,4-7,10,17H2,1-3H3. The predicted octanol–water partition coefficient (Wildman–Crippen LogP) is 3.01. The molecule has 4 heteroatoms. The number of hydrogen-bond acceptors (Lipinski definition) is 3. The largest absolute Gasteiger partial charge is 0.397 e. The molecule has 0 atom stereocenters. The molecule has 1 fully saturated rings. The molecule has 2 rings (SSSR count). The van der Waals surface area contributed by atoms with Gasteiger partial charge in [-0.15, -0.1) is 0 Å². The summed E-state index contributed by atoms with van der Waals surface area (Å²) in [4.78, 5) is 19.1. The van der Waals surface area contributed by atoms with E-state index in [0.717, 1.165) is 25.1 Å². The van der Waals surface area contributed by atoms with E-state index in [0.29, 0.717) is 23.2 Å². The Labute approximate surface area is 121 Å². The van der Waals surface area contributed by atoms with Crippen LogP contribution in [-0.2, 0) is 0 Å². The Bertz CT molecular complexity index is 479. The van der Waals surface area contributed by atoms with Gasteiger partial charge in [0.15, 0.2) is 0 Å². The van der Waals surface area contributed by atoms with E-state index in [1.165, 1.54) is 12.8 Å². The zero-order valence-electron chi connectivity index (χ0n) is 12.7. The fraction of sp³-hybridized carbons (Fsp3) is 0.625. The van der Waals surface area contributed by atoms with E-state index in [9.17, 15) is 4.79 Å². The molecule has 0 aliphatic heterocycles. The van der Waals surface area contributed by atoms with Crippen LogP contribution >= 0.6 is 0 Å². The second kappa shape index (κ2) is 6.25. The maximum absolute atomic E-state index is 12.9. The van der Waals surface area contributed by atoms with Gasteiger partial charge in [0, 0.05) is 12.6 Å². The van der Waals surface area contributed by atoms with Crippen LogP contribution < -0.4 is 5.73 Å². The summed E-state index contributed by atoms with van der Waals surface area (Å²) in [5, 5.41) is 0. The lowest BCUT2D eigenvalue weighted by Gasteiger charge is -2.31. The molecule has 1 aromatic rings. The van der Waals surface area contributed by atoms with Crippen LogP contribution in [0.15, 0.2) is 12.3 Å². The third-order valence-corrected chi connectivity index (χ3v) is 3.93. The summed E-state index contributed by atoms with van der Waals surface area (Å²) < 4.78 is 0. The van der Waals surface area contributed by atoms with Crippen molar-refractivity contribution in [3.05, 3.63) is 23.5 Å². The van der Waals surface area contributed by atoms with E-state index in [4.69, 9.17) is 5.73 Å². The molecule has 1 aromatic heterocycles.